The van der Waals surface area contributed by atoms with E-state index < -0.39 is 0 Å². The van der Waals surface area contributed by atoms with Crippen LogP contribution in [0.1, 0.15) is 29.7 Å². The third-order valence-corrected chi connectivity index (χ3v) is 3.29. The highest BCUT2D eigenvalue weighted by atomic mass is 19.1. The second-order valence-corrected chi connectivity index (χ2v) is 5.12. The van der Waals surface area contributed by atoms with Gasteiger partial charge < -0.3 is 10.1 Å². The molecule has 1 atom stereocenters. The molecule has 0 saturated heterocycles. The van der Waals surface area contributed by atoms with Gasteiger partial charge in [-0.05, 0) is 69.3 Å². The average Bonchev–Trinajstić information content (AvgIpc) is 2.38. The lowest BCUT2D eigenvalue weighted by Gasteiger charge is -2.17. The van der Waals surface area contributed by atoms with Crippen LogP contribution in [-0.4, -0.2) is 7.05 Å². The van der Waals surface area contributed by atoms with Crippen LogP contribution in [0.3, 0.4) is 0 Å². The molecule has 0 aliphatic rings. The SMILES string of the molecule is CNC(C)c1cc(F)ccc1Oc1cc(C)cc(C)c1. The molecule has 0 aromatic heterocycles. The van der Waals surface area contributed by atoms with Crippen LogP contribution < -0.4 is 10.1 Å². The van der Waals surface area contributed by atoms with Gasteiger partial charge in [0.25, 0.3) is 0 Å². The van der Waals surface area contributed by atoms with E-state index >= 15 is 0 Å². The summed E-state index contributed by atoms with van der Waals surface area (Å²) in [5, 5.41) is 3.11. The molecule has 3 heteroatoms. The molecule has 2 nitrogen and oxygen atoms in total. The van der Waals surface area contributed by atoms with E-state index in [4.69, 9.17) is 4.74 Å². The third-order valence-electron chi connectivity index (χ3n) is 3.29. The van der Waals surface area contributed by atoms with Crippen molar-refractivity contribution in [1.82, 2.24) is 5.32 Å². The average molecular weight is 273 g/mol. The Morgan fingerprint density at radius 3 is 2.30 bits per heavy atom. The number of hydrogen-bond donors (Lipinski definition) is 1. The molecule has 0 spiro atoms. The molecule has 0 radical (unpaired) electrons. The van der Waals surface area contributed by atoms with E-state index in [-0.39, 0.29) is 11.9 Å². The van der Waals surface area contributed by atoms with Crippen LogP contribution in [0.15, 0.2) is 36.4 Å². The normalized spacial score (nSPS) is 12.2. The number of aryl methyl sites for hydroxylation is 2. The van der Waals surface area contributed by atoms with Gasteiger partial charge in [-0.2, -0.15) is 0 Å². The van der Waals surface area contributed by atoms with Crippen molar-refractivity contribution in [2.45, 2.75) is 26.8 Å². The largest absolute Gasteiger partial charge is 0.457 e. The number of benzene rings is 2. The molecular weight excluding hydrogens is 253 g/mol. The molecule has 2 aromatic rings. The zero-order chi connectivity index (χ0) is 14.7. The van der Waals surface area contributed by atoms with Crippen molar-refractivity contribution < 1.29 is 9.13 Å². The Labute approximate surface area is 119 Å². The quantitative estimate of drug-likeness (QED) is 0.884. The molecule has 2 aromatic carbocycles. The Bertz CT molecular complexity index is 590. The van der Waals surface area contributed by atoms with Gasteiger partial charge in [-0.25, -0.2) is 4.39 Å². The van der Waals surface area contributed by atoms with Crippen molar-refractivity contribution >= 4 is 0 Å². The second-order valence-electron chi connectivity index (χ2n) is 5.12. The molecule has 0 bridgehead atoms. The standard InChI is InChI=1S/C17H20FNO/c1-11-7-12(2)9-15(8-11)20-17-6-5-14(18)10-16(17)13(3)19-4/h5-10,13,19H,1-4H3. The molecule has 0 fully saturated rings. The van der Waals surface area contributed by atoms with Crippen LogP contribution in [0.2, 0.25) is 0 Å². The van der Waals surface area contributed by atoms with Crippen molar-refractivity contribution in [3.63, 3.8) is 0 Å². The Hall–Kier alpha value is -1.87. The van der Waals surface area contributed by atoms with Gasteiger partial charge in [-0.1, -0.05) is 6.07 Å². The summed E-state index contributed by atoms with van der Waals surface area (Å²) in [6.07, 6.45) is 0. The molecule has 20 heavy (non-hydrogen) atoms. The van der Waals surface area contributed by atoms with E-state index in [0.717, 1.165) is 22.4 Å². The maximum Gasteiger partial charge on any atom is 0.132 e. The minimum atomic E-state index is -0.255. The van der Waals surface area contributed by atoms with Gasteiger partial charge in [0.05, 0.1) is 0 Å². The highest BCUT2D eigenvalue weighted by Gasteiger charge is 2.12. The van der Waals surface area contributed by atoms with Crippen molar-refractivity contribution in [3.8, 4) is 11.5 Å². The number of ether oxygens (including phenoxy) is 1. The Morgan fingerprint density at radius 1 is 1.05 bits per heavy atom. The van der Waals surface area contributed by atoms with E-state index in [1.54, 1.807) is 6.07 Å². The topological polar surface area (TPSA) is 21.3 Å². The van der Waals surface area contributed by atoms with Gasteiger partial charge in [-0.15, -0.1) is 0 Å². The maximum absolute atomic E-state index is 13.4. The zero-order valence-corrected chi connectivity index (χ0v) is 12.3. The fourth-order valence-corrected chi connectivity index (χ4v) is 2.22. The predicted octanol–water partition coefficient (Wildman–Crippen LogP) is 4.52. The van der Waals surface area contributed by atoms with Gasteiger partial charge >= 0.3 is 0 Å². The minimum absolute atomic E-state index is 0.0200. The van der Waals surface area contributed by atoms with Crippen molar-refractivity contribution in [3.05, 3.63) is 58.9 Å². The maximum atomic E-state index is 13.4. The summed E-state index contributed by atoms with van der Waals surface area (Å²) in [5.41, 5.74) is 3.10. The van der Waals surface area contributed by atoms with Crippen molar-refractivity contribution in [1.29, 1.82) is 0 Å². The fourth-order valence-electron chi connectivity index (χ4n) is 2.22. The summed E-state index contributed by atoms with van der Waals surface area (Å²) in [7, 11) is 1.84. The van der Waals surface area contributed by atoms with E-state index in [2.05, 4.69) is 11.4 Å². The molecular formula is C17H20FNO. The van der Waals surface area contributed by atoms with Crippen molar-refractivity contribution in [2.75, 3.05) is 7.05 Å². The summed E-state index contributed by atoms with van der Waals surface area (Å²) < 4.78 is 19.4. The second kappa shape index (κ2) is 6.06. The Kier molecular flexibility index (Phi) is 4.40. The first-order valence-corrected chi connectivity index (χ1v) is 6.72. The summed E-state index contributed by atoms with van der Waals surface area (Å²) in [4.78, 5) is 0. The fraction of sp³-hybridized carbons (Fsp3) is 0.294. The predicted molar refractivity (Wildman–Crippen MR) is 79.9 cm³/mol. The highest BCUT2D eigenvalue weighted by Crippen LogP contribution is 2.31. The van der Waals surface area contributed by atoms with Gasteiger partial charge in [0.1, 0.15) is 17.3 Å². The van der Waals surface area contributed by atoms with E-state index in [0.29, 0.717) is 5.75 Å². The molecule has 106 valence electrons. The number of halogens is 1. The summed E-state index contributed by atoms with van der Waals surface area (Å²) >= 11 is 0. The molecule has 0 amide bonds. The molecule has 0 aliphatic heterocycles. The number of nitrogens with one attached hydrogen (secondary N) is 1. The van der Waals surface area contributed by atoms with Crippen LogP contribution in [0.25, 0.3) is 0 Å². The van der Waals surface area contributed by atoms with E-state index in [9.17, 15) is 4.39 Å². The molecule has 2 rings (SSSR count). The smallest absolute Gasteiger partial charge is 0.132 e. The first kappa shape index (κ1) is 14.5. The lowest BCUT2D eigenvalue weighted by Crippen LogP contribution is -2.13. The monoisotopic (exact) mass is 273 g/mol. The van der Waals surface area contributed by atoms with Crippen molar-refractivity contribution in [2.24, 2.45) is 0 Å². The molecule has 1 N–H and O–H groups in total. The van der Waals surface area contributed by atoms with Crippen LogP contribution in [0.4, 0.5) is 4.39 Å². The van der Waals surface area contributed by atoms with E-state index in [1.165, 1.54) is 12.1 Å². The third kappa shape index (κ3) is 3.36. The van der Waals surface area contributed by atoms with Crippen LogP contribution in [0.5, 0.6) is 11.5 Å². The highest BCUT2D eigenvalue weighted by molar-refractivity contribution is 5.42. The van der Waals surface area contributed by atoms with Crippen LogP contribution in [-0.2, 0) is 0 Å². The summed E-state index contributed by atoms with van der Waals surface area (Å²) in [5.74, 6) is 1.20. The van der Waals surface area contributed by atoms with Gasteiger partial charge in [0.15, 0.2) is 0 Å². The number of hydrogen-bond acceptors (Lipinski definition) is 2. The first-order valence-electron chi connectivity index (χ1n) is 6.72. The van der Waals surface area contributed by atoms with E-state index in [1.807, 2.05) is 40.0 Å². The van der Waals surface area contributed by atoms with Crippen LogP contribution >= 0.6 is 0 Å². The Morgan fingerprint density at radius 2 is 1.70 bits per heavy atom. The summed E-state index contributed by atoms with van der Waals surface area (Å²) in [6, 6.07) is 10.7. The van der Waals surface area contributed by atoms with Gasteiger partial charge in [0, 0.05) is 11.6 Å². The number of rotatable bonds is 4. The lowest BCUT2D eigenvalue weighted by atomic mass is 10.1. The molecule has 1 unspecified atom stereocenters. The first-order chi connectivity index (χ1) is 9.49. The molecule has 0 saturated carbocycles. The van der Waals surface area contributed by atoms with Crippen LogP contribution in [0, 0.1) is 19.7 Å². The Balaban J connectivity index is 2.37. The molecule has 0 heterocycles. The van der Waals surface area contributed by atoms with Gasteiger partial charge in [-0.3, -0.25) is 0 Å². The molecule has 0 aliphatic carbocycles. The summed E-state index contributed by atoms with van der Waals surface area (Å²) in [6.45, 7) is 6.03. The zero-order valence-electron chi connectivity index (χ0n) is 12.3. The van der Waals surface area contributed by atoms with Gasteiger partial charge in [0.2, 0.25) is 0 Å². The lowest BCUT2D eigenvalue weighted by molar-refractivity contribution is 0.462. The minimum Gasteiger partial charge on any atom is -0.457 e.